The first-order chi connectivity index (χ1) is 8.29. The minimum atomic E-state index is 0.370. The summed E-state index contributed by atoms with van der Waals surface area (Å²) in [5.41, 5.74) is 0.969. The number of hydrogen-bond donors (Lipinski definition) is 1. The summed E-state index contributed by atoms with van der Waals surface area (Å²) in [6, 6.07) is 5.55. The van der Waals surface area contributed by atoms with E-state index in [1.807, 2.05) is 12.1 Å². The monoisotopic (exact) mass is 236 g/mol. The van der Waals surface area contributed by atoms with E-state index in [4.69, 9.17) is 4.74 Å². The Kier molecular flexibility index (Phi) is 6.53. The Morgan fingerprint density at radius 1 is 1.06 bits per heavy atom. The fourth-order valence-corrected chi connectivity index (χ4v) is 1.82. The standard InChI is InChI=1S/C15H24O2/c1-3-5-7-9-13-14(16)10-8-11-15(13)17-12-6-4-2/h8,10-11,16H,3-7,9,12H2,1-2H3. The number of benzene rings is 1. The van der Waals surface area contributed by atoms with Crippen LogP contribution in [0.5, 0.6) is 11.5 Å². The molecule has 0 aliphatic carbocycles. The third-order valence-electron chi connectivity index (χ3n) is 2.89. The van der Waals surface area contributed by atoms with Gasteiger partial charge in [-0.15, -0.1) is 0 Å². The van der Waals surface area contributed by atoms with E-state index >= 15 is 0 Å². The lowest BCUT2D eigenvalue weighted by atomic mass is 10.1. The molecule has 1 aromatic carbocycles. The molecule has 17 heavy (non-hydrogen) atoms. The van der Waals surface area contributed by atoms with Crippen LogP contribution in [-0.2, 0) is 6.42 Å². The summed E-state index contributed by atoms with van der Waals surface area (Å²) in [5.74, 6) is 1.23. The van der Waals surface area contributed by atoms with Crippen LogP contribution in [0, 0.1) is 0 Å². The number of phenolic OH excluding ortho intramolecular Hbond substituents is 1. The average Bonchev–Trinajstić information content (AvgIpc) is 2.33. The lowest BCUT2D eigenvalue weighted by Gasteiger charge is -2.12. The minimum Gasteiger partial charge on any atom is -0.508 e. The molecule has 0 amide bonds. The third-order valence-corrected chi connectivity index (χ3v) is 2.89. The first-order valence-corrected chi connectivity index (χ1v) is 6.73. The van der Waals surface area contributed by atoms with Crippen LogP contribution in [0.25, 0.3) is 0 Å². The molecular weight excluding hydrogens is 212 g/mol. The highest BCUT2D eigenvalue weighted by atomic mass is 16.5. The van der Waals surface area contributed by atoms with Crippen molar-refractivity contribution in [1.82, 2.24) is 0 Å². The number of unbranched alkanes of at least 4 members (excludes halogenated alkanes) is 3. The Hall–Kier alpha value is -1.18. The normalized spacial score (nSPS) is 10.5. The van der Waals surface area contributed by atoms with Gasteiger partial charge in [-0.3, -0.25) is 0 Å². The molecule has 0 radical (unpaired) electrons. The Labute approximate surface area is 105 Å². The summed E-state index contributed by atoms with van der Waals surface area (Å²) in [4.78, 5) is 0. The van der Waals surface area contributed by atoms with Gasteiger partial charge >= 0.3 is 0 Å². The lowest BCUT2D eigenvalue weighted by Crippen LogP contribution is -2.00. The molecule has 0 aromatic heterocycles. The van der Waals surface area contributed by atoms with E-state index in [1.165, 1.54) is 12.8 Å². The smallest absolute Gasteiger partial charge is 0.126 e. The van der Waals surface area contributed by atoms with Crippen molar-refractivity contribution in [3.8, 4) is 11.5 Å². The summed E-state index contributed by atoms with van der Waals surface area (Å²) in [6.45, 7) is 5.07. The molecular formula is C15H24O2. The van der Waals surface area contributed by atoms with Gasteiger partial charge in [0.1, 0.15) is 11.5 Å². The highest BCUT2D eigenvalue weighted by Crippen LogP contribution is 2.29. The first-order valence-electron chi connectivity index (χ1n) is 6.73. The molecule has 0 aliphatic rings. The van der Waals surface area contributed by atoms with Crippen LogP contribution >= 0.6 is 0 Å². The molecule has 0 bridgehead atoms. The van der Waals surface area contributed by atoms with Gasteiger partial charge in [0.25, 0.3) is 0 Å². The van der Waals surface area contributed by atoms with Crippen LogP contribution in [0.1, 0.15) is 51.5 Å². The molecule has 0 aliphatic heterocycles. The Morgan fingerprint density at radius 2 is 1.82 bits per heavy atom. The van der Waals surface area contributed by atoms with E-state index in [1.54, 1.807) is 6.07 Å². The molecule has 1 rings (SSSR count). The first kappa shape index (κ1) is 13.9. The predicted octanol–water partition coefficient (Wildman–Crippen LogP) is 4.30. The quantitative estimate of drug-likeness (QED) is 0.682. The van der Waals surface area contributed by atoms with E-state index in [2.05, 4.69) is 13.8 Å². The fraction of sp³-hybridized carbons (Fsp3) is 0.600. The molecule has 0 saturated carbocycles. The second kappa shape index (κ2) is 7.99. The van der Waals surface area contributed by atoms with Crippen molar-refractivity contribution in [2.45, 2.75) is 52.4 Å². The van der Waals surface area contributed by atoms with Crippen LogP contribution in [0.3, 0.4) is 0 Å². The maximum Gasteiger partial charge on any atom is 0.126 e. The SMILES string of the molecule is CCCCCc1c(O)cccc1OCCCC. The summed E-state index contributed by atoms with van der Waals surface area (Å²) >= 11 is 0. The van der Waals surface area contributed by atoms with Crippen molar-refractivity contribution < 1.29 is 9.84 Å². The summed E-state index contributed by atoms with van der Waals surface area (Å²) < 4.78 is 5.73. The van der Waals surface area contributed by atoms with E-state index in [-0.39, 0.29) is 0 Å². The van der Waals surface area contributed by atoms with Crippen LogP contribution in [-0.4, -0.2) is 11.7 Å². The van der Waals surface area contributed by atoms with Crippen LogP contribution in [0.2, 0.25) is 0 Å². The maximum atomic E-state index is 9.87. The van der Waals surface area contributed by atoms with Gasteiger partial charge in [-0.1, -0.05) is 39.2 Å². The highest BCUT2D eigenvalue weighted by molar-refractivity contribution is 5.43. The van der Waals surface area contributed by atoms with Gasteiger partial charge in [0.15, 0.2) is 0 Å². The molecule has 1 aromatic rings. The number of phenols is 1. The van der Waals surface area contributed by atoms with Crippen molar-refractivity contribution in [1.29, 1.82) is 0 Å². The zero-order chi connectivity index (χ0) is 12.5. The van der Waals surface area contributed by atoms with Crippen LogP contribution in [0.15, 0.2) is 18.2 Å². The second-order valence-electron chi connectivity index (χ2n) is 4.41. The Balaban J connectivity index is 2.63. The summed E-state index contributed by atoms with van der Waals surface area (Å²) in [7, 11) is 0. The van der Waals surface area contributed by atoms with E-state index < -0.39 is 0 Å². The van der Waals surface area contributed by atoms with Gasteiger partial charge in [0.2, 0.25) is 0 Å². The topological polar surface area (TPSA) is 29.5 Å². The fourth-order valence-electron chi connectivity index (χ4n) is 1.82. The molecule has 1 N–H and O–H groups in total. The van der Waals surface area contributed by atoms with Gasteiger partial charge in [0, 0.05) is 5.56 Å². The van der Waals surface area contributed by atoms with Crippen molar-refractivity contribution in [3.63, 3.8) is 0 Å². The molecule has 0 fully saturated rings. The van der Waals surface area contributed by atoms with Crippen LogP contribution < -0.4 is 4.74 Å². The van der Waals surface area contributed by atoms with Gasteiger partial charge in [0.05, 0.1) is 6.61 Å². The summed E-state index contributed by atoms with van der Waals surface area (Å²) in [6.07, 6.45) is 6.59. The molecule has 96 valence electrons. The molecule has 0 saturated heterocycles. The van der Waals surface area contributed by atoms with Crippen molar-refractivity contribution in [2.75, 3.05) is 6.61 Å². The van der Waals surface area contributed by atoms with Gasteiger partial charge in [-0.25, -0.2) is 0 Å². The van der Waals surface area contributed by atoms with Crippen LogP contribution in [0.4, 0.5) is 0 Å². The van der Waals surface area contributed by atoms with Gasteiger partial charge in [-0.05, 0) is 31.4 Å². The third kappa shape index (κ3) is 4.68. The minimum absolute atomic E-state index is 0.370. The largest absolute Gasteiger partial charge is 0.508 e. The average molecular weight is 236 g/mol. The molecule has 0 heterocycles. The Morgan fingerprint density at radius 3 is 2.53 bits per heavy atom. The molecule has 0 unspecified atom stereocenters. The van der Waals surface area contributed by atoms with E-state index in [9.17, 15) is 5.11 Å². The summed E-state index contributed by atoms with van der Waals surface area (Å²) in [5, 5.41) is 9.87. The highest BCUT2D eigenvalue weighted by Gasteiger charge is 2.08. The van der Waals surface area contributed by atoms with Gasteiger partial charge in [-0.2, -0.15) is 0 Å². The van der Waals surface area contributed by atoms with E-state index in [0.29, 0.717) is 5.75 Å². The van der Waals surface area contributed by atoms with Gasteiger partial charge < -0.3 is 9.84 Å². The maximum absolute atomic E-state index is 9.87. The zero-order valence-electron chi connectivity index (χ0n) is 11.0. The molecule has 0 atom stereocenters. The lowest BCUT2D eigenvalue weighted by molar-refractivity contribution is 0.303. The molecule has 2 nitrogen and oxygen atoms in total. The number of rotatable bonds is 8. The van der Waals surface area contributed by atoms with Crippen molar-refractivity contribution in [2.24, 2.45) is 0 Å². The number of hydrogen-bond acceptors (Lipinski definition) is 2. The number of aromatic hydroxyl groups is 1. The van der Waals surface area contributed by atoms with Crippen molar-refractivity contribution in [3.05, 3.63) is 23.8 Å². The van der Waals surface area contributed by atoms with Crippen molar-refractivity contribution >= 4 is 0 Å². The Bertz CT molecular complexity index is 321. The molecule has 2 heteroatoms. The predicted molar refractivity (Wildman–Crippen MR) is 71.7 cm³/mol. The zero-order valence-corrected chi connectivity index (χ0v) is 11.0. The number of ether oxygens (including phenoxy) is 1. The second-order valence-corrected chi connectivity index (χ2v) is 4.41. The van der Waals surface area contributed by atoms with E-state index in [0.717, 1.165) is 43.6 Å². The molecule has 0 spiro atoms.